The zero-order valence-electron chi connectivity index (χ0n) is 14.2. The molecule has 0 bridgehead atoms. The number of rotatable bonds is 5. The van der Waals surface area contributed by atoms with Crippen LogP contribution in [0.4, 0.5) is 0 Å². The van der Waals surface area contributed by atoms with Crippen molar-refractivity contribution in [3.8, 4) is 0 Å². The number of hydrogen-bond acceptors (Lipinski definition) is 2. The summed E-state index contributed by atoms with van der Waals surface area (Å²) in [6.07, 6.45) is 14.5. The molecule has 3 nitrogen and oxygen atoms in total. The summed E-state index contributed by atoms with van der Waals surface area (Å²) in [5.41, 5.74) is 1.36. The van der Waals surface area contributed by atoms with Gasteiger partial charge in [0.1, 0.15) is 0 Å². The van der Waals surface area contributed by atoms with Gasteiger partial charge in [0.25, 0.3) is 0 Å². The first kappa shape index (κ1) is 16.0. The number of carbonyl (C=O) groups excluding carboxylic acids is 1. The summed E-state index contributed by atoms with van der Waals surface area (Å²) in [7, 11) is 0. The fourth-order valence-electron chi connectivity index (χ4n) is 4.23. The number of hydrogen-bond donors (Lipinski definition) is 1. The first-order valence-corrected chi connectivity index (χ1v) is 9.43. The van der Waals surface area contributed by atoms with Crippen LogP contribution < -0.4 is 5.32 Å². The molecule has 0 aromatic heterocycles. The van der Waals surface area contributed by atoms with Crippen LogP contribution in [0.25, 0.3) is 0 Å². The van der Waals surface area contributed by atoms with E-state index in [1.54, 1.807) is 0 Å². The van der Waals surface area contributed by atoms with Gasteiger partial charge in [-0.3, -0.25) is 4.79 Å². The molecule has 3 rings (SSSR count). The average Bonchev–Trinajstić information content (AvgIpc) is 2.46. The summed E-state index contributed by atoms with van der Waals surface area (Å²) in [5, 5.41) is 3.29. The number of nitrogens with one attached hydrogen (secondary N) is 1. The second-order valence-corrected chi connectivity index (χ2v) is 7.62. The molecule has 0 radical (unpaired) electrons. The van der Waals surface area contributed by atoms with E-state index in [2.05, 4.69) is 23.2 Å². The number of carbonyl (C=O) groups is 1. The van der Waals surface area contributed by atoms with Crippen LogP contribution in [0.2, 0.25) is 0 Å². The lowest BCUT2D eigenvalue weighted by Gasteiger charge is -2.43. The molecule has 1 N–H and O–H groups in total. The Balaban J connectivity index is 1.44. The number of piperidine rings is 1. The molecular weight excluding hydrogens is 272 g/mol. The topological polar surface area (TPSA) is 32.3 Å². The van der Waals surface area contributed by atoms with Crippen molar-refractivity contribution < 1.29 is 4.79 Å². The fraction of sp³-hybridized carbons (Fsp3) is 0.842. The number of nitrogens with zero attached hydrogens (tertiary/aromatic N) is 1. The van der Waals surface area contributed by atoms with Gasteiger partial charge in [0.2, 0.25) is 5.91 Å². The Kier molecular flexibility index (Phi) is 5.56. The Hall–Kier alpha value is -0.830. The number of allylic oxidation sites excluding steroid dienone is 1. The summed E-state index contributed by atoms with van der Waals surface area (Å²) in [5.74, 6) is 0.875. The second kappa shape index (κ2) is 7.63. The number of likely N-dealkylation sites (tertiary alicyclic amines) is 1. The molecule has 3 aliphatic rings. The average molecular weight is 304 g/mol. The van der Waals surface area contributed by atoms with Gasteiger partial charge in [-0.2, -0.15) is 0 Å². The Morgan fingerprint density at radius 2 is 2.14 bits per heavy atom. The molecular formula is C19H32N2O. The third kappa shape index (κ3) is 4.13. The van der Waals surface area contributed by atoms with E-state index in [0.29, 0.717) is 18.4 Å². The minimum atomic E-state index is 0.237. The molecule has 1 amide bonds. The summed E-state index contributed by atoms with van der Waals surface area (Å²) in [4.78, 5) is 15.0. The Morgan fingerprint density at radius 3 is 2.82 bits per heavy atom. The summed E-state index contributed by atoms with van der Waals surface area (Å²) < 4.78 is 0. The number of amides is 1. The van der Waals surface area contributed by atoms with Gasteiger partial charge in [0.05, 0.1) is 0 Å². The minimum absolute atomic E-state index is 0.237. The van der Waals surface area contributed by atoms with Gasteiger partial charge >= 0.3 is 0 Å². The van der Waals surface area contributed by atoms with Gasteiger partial charge < -0.3 is 10.2 Å². The molecule has 124 valence electrons. The van der Waals surface area contributed by atoms with Gasteiger partial charge in [0, 0.05) is 25.0 Å². The van der Waals surface area contributed by atoms with E-state index in [1.165, 1.54) is 63.6 Å². The molecule has 2 fully saturated rings. The van der Waals surface area contributed by atoms with Crippen molar-refractivity contribution in [1.29, 1.82) is 0 Å². The summed E-state index contributed by atoms with van der Waals surface area (Å²) in [6, 6.07) is 1.16. The molecule has 0 spiro atoms. The van der Waals surface area contributed by atoms with Crippen molar-refractivity contribution in [2.24, 2.45) is 5.92 Å². The van der Waals surface area contributed by atoms with Crippen LogP contribution >= 0.6 is 0 Å². The molecule has 0 aromatic rings. The predicted octanol–water partition coefficient (Wildman–Crippen LogP) is 3.65. The molecule has 2 atom stereocenters. The van der Waals surface area contributed by atoms with Gasteiger partial charge in [-0.25, -0.2) is 0 Å². The Bertz CT molecular complexity index is 414. The largest absolute Gasteiger partial charge is 0.353 e. The monoisotopic (exact) mass is 304 g/mol. The minimum Gasteiger partial charge on any atom is -0.353 e. The molecule has 1 heterocycles. The van der Waals surface area contributed by atoms with E-state index < -0.39 is 0 Å². The zero-order valence-corrected chi connectivity index (χ0v) is 14.2. The van der Waals surface area contributed by atoms with Crippen LogP contribution in [0.15, 0.2) is 11.6 Å². The second-order valence-electron chi connectivity index (χ2n) is 7.62. The standard InChI is InChI=1S/C19H32N2O/c1-15(20-19(22)13-16-7-3-2-4-8-16)17-9-6-12-21(14-17)18-10-5-11-18/h7,15,17-18H,2-6,8-14H2,1H3,(H,20,22)/t15-,17-/m1/s1. The van der Waals surface area contributed by atoms with E-state index in [9.17, 15) is 4.79 Å². The molecule has 1 aliphatic heterocycles. The van der Waals surface area contributed by atoms with Crippen molar-refractivity contribution in [1.82, 2.24) is 10.2 Å². The molecule has 0 aromatic carbocycles. The zero-order chi connectivity index (χ0) is 15.4. The molecule has 1 saturated heterocycles. The van der Waals surface area contributed by atoms with Crippen molar-refractivity contribution >= 4 is 5.91 Å². The highest BCUT2D eigenvalue weighted by Gasteiger charge is 2.31. The van der Waals surface area contributed by atoms with Crippen LogP contribution in [0.3, 0.4) is 0 Å². The van der Waals surface area contributed by atoms with Crippen LogP contribution in [-0.2, 0) is 4.79 Å². The van der Waals surface area contributed by atoms with E-state index in [0.717, 1.165) is 18.9 Å². The van der Waals surface area contributed by atoms with Crippen LogP contribution in [0.5, 0.6) is 0 Å². The SMILES string of the molecule is C[C@@H](NC(=O)CC1=CCCCC1)[C@@H]1CCCN(C2CCC2)C1. The molecule has 3 heteroatoms. The lowest BCUT2D eigenvalue weighted by molar-refractivity contribution is -0.121. The molecule has 2 aliphatic carbocycles. The lowest BCUT2D eigenvalue weighted by Crippen LogP contribution is -2.50. The highest BCUT2D eigenvalue weighted by atomic mass is 16.1. The highest BCUT2D eigenvalue weighted by molar-refractivity contribution is 5.78. The predicted molar refractivity (Wildman–Crippen MR) is 90.7 cm³/mol. The summed E-state index contributed by atoms with van der Waals surface area (Å²) in [6.45, 7) is 4.67. The van der Waals surface area contributed by atoms with E-state index in [1.807, 2.05) is 0 Å². The lowest BCUT2D eigenvalue weighted by atomic mass is 9.85. The maximum absolute atomic E-state index is 12.3. The van der Waals surface area contributed by atoms with Crippen molar-refractivity contribution in [3.63, 3.8) is 0 Å². The Labute approximate surface area is 135 Å². The normalized spacial score (nSPS) is 28.6. The van der Waals surface area contributed by atoms with E-state index in [-0.39, 0.29) is 5.91 Å². The van der Waals surface area contributed by atoms with Gasteiger partial charge in [-0.1, -0.05) is 18.1 Å². The Morgan fingerprint density at radius 1 is 1.27 bits per heavy atom. The van der Waals surface area contributed by atoms with Crippen molar-refractivity contribution in [2.75, 3.05) is 13.1 Å². The smallest absolute Gasteiger partial charge is 0.224 e. The summed E-state index contributed by atoms with van der Waals surface area (Å²) >= 11 is 0. The third-order valence-corrected chi connectivity index (χ3v) is 5.95. The molecule has 22 heavy (non-hydrogen) atoms. The van der Waals surface area contributed by atoms with E-state index >= 15 is 0 Å². The quantitative estimate of drug-likeness (QED) is 0.786. The first-order valence-electron chi connectivity index (χ1n) is 9.43. The maximum Gasteiger partial charge on any atom is 0.224 e. The van der Waals surface area contributed by atoms with Crippen LogP contribution in [0, 0.1) is 5.92 Å². The van der Waals surface area contributed by atoms with E-state index in [4.69, 9.17) is 0 Å². The van der Waals surface area contributed by atoms with Crippen LogP contribution in [0.1, 0.15) is 71.1 Å². The van der Waals surface area contributed by atoms with Gasteiger partial charge in [0.15, 0.2) is 0 Å². The molecule has 0 unspecified atom stereocenters. The van der Waals surface area contributed by atoms with Crippen LogP contribution in [-0.4, -0.2) is 36.0 Å². The van der Waals surface area contributed by atoms with Crippen molar-refractivity contribution in [3.05, 3.63) is 11.6 Å². The van der Waals surface area contributed by atoms with Gasteiger partial charge in [-0.15, -0.1) is 0 Å². The molecule has 1 saturated carbocycles. The first-order chi connectivity index (χ1) is 10.7. The highest BCUT2D eigenvalue weighted by Crippen LogP contribution is 2.30. The maximum atomic E-state index is 12.3. The third-order valence-electron chi connectivity index (χ3n) is 5.95. The van der Waals surface area contributed by atoms with Gasteiger partial charge in [-0.05, 0) is 70.8 Å². The fourth-order valence-corrected chi connectivity index (χ4v) is 4.23. The van der Waals surface area contributed by atoms with Crippen molar-refractivity contribution in [2.45, 2.75) is 83.2 Å².